The first-order valence-electron chi connectivity index (χ1n) is 11.4. The average Bonchev–Trinajstić information content (AvgIpc) is 3.06. The molecule has 32 heavy (non-hydrogen) atoms. The van der Waals surface area contributed by atoms with Gasteiger partial charge < -0.3 is 0 Å². The number of hydrogen-bond acceptors (Lipinski definition) is 3. The predicted octanol–water partition coefficient (Wildman–Crippen LogP) is 7.20. The van der Waals surface area contributed by atoms with Crippen molar-refractivity contribution < 1.29 is 0 Å². The molecule has 0 fully saturated rings. The number of nitrogens with zero attached hydrogens (tertiary/aromatic N) is 3. The summed E-state index contributed by atoms with van der Waals surface area (Å²) < 4.78 is 0. The van der Waals surface area contributed by atoms with Crippen LogP contribution in [0.25, 0.3) is 33.9 Å². The Morgan fingerprint density at radius 2 is 1.31 bits per heavy atom. The number of fused-ring (bicyclic) bond motifs is 3. The van der Waals surface area contributed by atoms with E-state index < -0.39 is 0 Å². The van der Waals surface area contributed by atoms with Gasteiger partial charge in [-0.15, -0.1) is 0 Å². The van der Waals surface area contributed by atoms with Crippen LogP contribution in [0.1, 0.15) is 58.0 Å². The van der Waals surface area contributed by atoms with Gasteiger partial charge in [-0.05, 0) is 34.7 Å². The highest BCUT2D eigenvalue weighted by Crippen LogP contribution is 2.49. The summed E-state index contributed by atoms with van der Waals surface area (Å²) in [5, 5.41) is 0. The Hall–Kier alpha value is -3.33. The fourth-order valence-electron chi connectivity index (χ4n) is 4.53. The highest BCUT2D eigenvalue weighted by molar-refractivity contribution is 5.82. The summed E-state index contributed by atoms with van der Waals surface area (Å²) in [6.07, 6.45) is 0.956. The number of benzene rings is 3. The van der Waals surface area contributed by atoms with E-state index in [0.717, 1.165) is 35.0 Å². The van der Waals surface area contributed by atoms with Crippen LogP contribution in [0.4, 0.5) is 0 Å². The van der Waals surface area contributed by atoms with Gasteiger partial charge in [-0.2, -0.15) is 0 Å². The van der Waals surface area contributed by atoms with E-state index in [1.165, 1.54) is 22.3 Å². The van der Waals surface area contributed by atoms with Crippen LogP contribution in [0.2, 0.25) is 0 Å². The molecule has 0 saturated heterocycles. The second-order valence-electron chi connectivity index (χ2n) is 9.84. The van der Waals surface area contributed by atoms with Crippen molar-refractivity contribution in [2.75, 3.05) is 0 Å². The Kier molecular flexibility index (Phi) is 4.74. The SMILES string of the molecule is CCC(C)(C)c1nc(-c2ccccc2)nc(-c2ccc3c(c2)C(C)(C)c2ccccc2-3)n1. The lowest BCUT2D eigenvalue weighted by molar-refractivity contribution is 0.472. The minimum atomic E-state index is -0.131. The maximum atomic E-state index is 4.97. The van der Waals surface area contributed by atoms with Gasteiger partial charge in [0.05, 0.1) is 0 Å². The van der Waals surface area contributed by atoms with Crippen LogP contribution in [-0.2, 0) is 10.8 Å². The van der Waals surface area contributed by atoms with E-state index in [1.54, 1.807) is 0 Å². The molecule has 0 saturated carbocycles. The minimum Gasteiger partial charge on any atom is -0.212 e. The molecule has 0 N–H and O–H groups in total. The topological polar surface area (TPSA) is 38.7 Å². The molecule has 0 aliphatic heterocycles. The van der Waals surface area contributed by atoms with Gasteiger partial charge in [-0.3, -0.25) is 0 Å². The van der Waals surface area contributed by atoms with E-state index in [2.05, 4.69) is 89.2 Å². The van der Waals surface area contributed by atoms with E-state index in [0.29, 0.717) is 0 Å². The lowest BCUT2D eigenvalue weighted by atomic mass is 9.82. The van der Waals surface area contributed by atoms with Gasteiger partial charge in [0.15, 0.2) is 11.6 Å². The van der Waals surface area contributed by atoms with Crippen molar-refractivity contribution in [2.24, 2.45) is 0 Å². The van der Waals surface area contributed by atoms with Crippen molar-refractivity contribution in [3.63, 3.8) is 0 Å². The standard InChI is InChI=1S/C29H29N3/c1-6-28(2,3)27-31-25(19-12-8-7-9-13-19)30-26(32-27)20-16-17-22-21-14-10-11-15-23(21)29(4,5)24(22)18-20/h7-18H,6H2,1-5H3. The molecule has 3 nitrogen and oxygen atoms in total. The second-order valence-corrected chi connectivity index (χ2v) is 9.84. The molecule has 1 aliphatic rings. The third-order valence-corrected chi connectivity index (χ3v) is 7.00. The third-order valence-electron chi connectivity index (χ3n) is 7.00. The first kappa shape index (κ1) is 20.6. The molecule has 1 aromatic heterocycles. The van der Waals surface area contributed by atoms with E-state index in [4.69, 9.17) is 15.0 Å². The smallest absolute Gasteiger partial charge is 0.163 e. The van der Waals surface area contributed by atoms with Crippen LogP contribution in [0.15, 0.2) is 72.8 Å². The maximum absolute atomic E-state index is 4.97. The summed E-state index contributed by atoms with van der Waals surface area (Å²) in [5.74, 6) is 2.31. The Balaban J connectivity index is 1.69. The molecule has 3 heteroatoms. The van der Waals surface area contributed by atoms with Gasteiger partial charge in [0.2, 0.25) is 0 Å². The van der Waals surface area contributed by atoms with Gasteiger partial charge in [0.1, 0.15) is 5.82 Å². The highest BCUT2D eigenvalue weighted by atomic mass is 15.0. The van der Waals surface area contributed by atoms with Crippen LogP contribution in [0.5, 0.6) is 0 Å². The molecule has 0 amide bonds. The predicted molar refractivity (Wildman–Crippen MR) is 132 cm³/mol. The molecule has 1 heterocycles. The average molecular weight is 420 g/mol. The van der Waals surface area contributed by atoms with Crippen molar-refractivity contribution >= 4 is 0 Å². The molecule has 5 rings (SSSR count). The quantitative estimate of drug-likeness (QED) is 0.351. The molecule has 160 valence electrons. The molecule has 1 aliphatic carbocycles. The molecule has 3 aromatic carbocycles. The maximum Gasteiger partial charge on any atom is 0.163 e. The van der Waals surface area contributed by atoms with Crippen molar-refractivity contribution in [1.29, 1.82) is 0 Å². The number of rotatable bonds is 4. The Morgan fingerprint density at radius 3 is 2.03 bits per heavy atom. The number of hydrogen-bond donors (Lipinski definition) is 0. The molecule has 0 spiro atoms. The van der Waals surface area contributed by atoms with Gasteiger partial charge in [-0.1, -0.05) is 101 Å². The van der Waals surface area contributed by atoms with Crippen molar-refractivity contribution in [3.05, 3.63) is 89.7 Å². The van der Waals surface area contributed by atoms with Crippen LogP contribution >= 0.6 is 0 Å². The molecule has 0 bridgehead atoms. The van der Waals surface area contributed by atoms with Gasteiger partial charge in [0.25, 0.3) is 0 Å². The Bertz CT molecular complexity index is 1300. The Morgan fingerprint density at radius 1 is 0.688 bits per heavy atom. The normalized spacial score (nSPS) is 14.2. The summed E-state index contributed by atoms with van der Waals surface area (Å²) >= 11 is 0. The third kappa shape index (κ3) is 3.24. The monoisotopic (exact) mass is 419 g/mol. The fraction of sp³-hybridized carbons (Fsp3) is 0.276. The van der Waals surface area contributed by atoms with Gasteiger partial charge in [0, 0.05) is 22.0 Å². The van der Waals surface area contributed by atoms with E-state index in [-0.39, 0.29) is 10.8 Å². The lowest BCUT2D eigenvalue weighted by Crippen LogP contribution is -2.21. The molecular formula is C29H29N3. The molecule has 0 radical (unpaired) electrons. The zero-order chi connectivity index (χ0) is 22.5. The van der Waals surface area contributed by atoms with E-state index in [9.17, 15) is 0 Å². The minimum absolute atomic E-state index is 0.0528. The van der Waals surface area contributed by atoms with Crippen LogP contribution in [0, 0.1) is 0 Å². The Labute approximate surface area is 190 Å². The van der Waals surface area contributed by atoms with E-state index >= 15 is 0 Å². The zero-order valence-corrected chi connectivity index (χ0v) is 19.5. The van der Waals surface area contributed by atoms with Crippen LogP contribution in [0.3, 0.4) is 0 Å². The summed E-state index contributed by atoms with van der Waals surface area (Å²) in [6.45, 7) is 11.2. The summed E-state index contributed by atoms with van der Waals surface area (Å²) in [7, 11) is 0. The van der Waals surface area contributed by atoms with Crippen molar-refractivity contribution in [3.8, 4) is 33.9 Å². The van der Waals surface area contributed by atoms with E-state index in [1.807, 2.05) is 18.2 Å². The largest absolute Gasteiger partial charge is 0.212 e. The van der Waals surface area contributed by atoms with Gasteiger partial charge in [-0.25, -0.2) is 15.0 Å². The van der Waals surface area contributed by atoms with Crippen LogP contribution < -0.4 is 0 Å². The van der Waals surface area contributed by atoms with Gasteiger partial charge >= 0.3 is 0 Å². The second kappa shape index (κ2) is 7.37. The lowest BCUT2D eigenvalue weighted by Gasteiger charge is -2.23. The first-order valence-corrected chi connectivity index (χ1v) is 11.4. The highest BCUT2D eigenvalue weighted by Gasteiger charge is 2.35. The molecular weight excluding hydrogens is 390 g/mol. The summed E-state index contributed by atoms with van der Waals surface area (Å²) in [6, 6.07) is 25.6. The zero-order valence-electron chi connectivity index (χ0n) is 19.5. The summed E-state index contributed by atoms with van der Waals surface area (Å²) in [4.78, 5) is 14.8. The van der Waals surface area contributed by atoms with Crippen molar-refractivity contribution in [1.82, 2.24) is 15.0 Å². The van der Waals surface area contributed by atoms with Crippen molar-refractivity contribution in [2.45, 2.75) is 51.9 Å². The van der Waals surface area contributed by atoms with Crippen LogP contribution in [-0.4, -0.2) is 15.0 Å². The summed E-state index contributed by atoms with van der Waals surface area (Å²) in [5.41, 5.74) is 7.20. The molecule has 4 aromatic rings. The number of aromatic nitrogens is 3. The first-order chi connectivity index (χ1) is 15.3. The fourth-order valence-corrected chi connectivity index (χ4v) is 4.53. The molecule has 0 unspecified atom stereocenters. The molecule has 0 atom stereocenters.